The van der Waals surface area contributed by atoms with Crippen LogP contribution in [0.3, 0.4) is 0 Å². The highest BCUT2D eigenvalue weighted by Crippen LogP contribution is 2.46. The fourth-order valence-electron chi connectivity index (χ4n) is 4.27. The first-order chi connectivity index (χ1) is 15.5. The van der Waals surface area contributed by atoms with E-state index in [1.165, 1.54) is 26.4 Å². The summed E-state index contributed by atoms with van der Waals surface area (Å²) in [4.78, 5) is 12.1. The van der Waals surface area contributed by atoms with Crippen LogP contribution in [0.5, 0.6) is 0 Å². The highest BCUT2D eigenvalue weighted by Gasteiger charge is 2.58. The van der Waals surface area contributed by atoms with E-state index in [0.717, 1.165) is 12.1 Å². The second-order valence-corrected chi connectivity index (χ2v) is 10.3. The number of anilines is 1. The number of carboxylic acids is 1. The van der Waals surface area contributed by atoms with Crippen LogP contribution in [0.15, 0.2) is 29.8 Å². The Morgan fingerprint density at radius 3 is 2.67 bits per heavy atom. The summed E-state index contributed by atoms with van der Waals surface area (Å²) < 4.78 is 64.7. The Hall–Kier alpha value is -1.76. The number of aliphatic carboxylic acids is 1. The summed E-state index contributed by atoms with van der Waals surface area (Å²) in [5.74, 6) is -3.50. The van der Waals surface area contributed by atoms with Gasteiger partial charge in [-0.2, -0.15) is 0 Å². The van der Waals surface area contributed by atoms with E-state index in [2.05, 4.69) is 4.72 Å². The van der Waals surface area contributed by atoms with Crippen molar-refractivity contribution in [1.29, 1.82) is 0 Å². The summed E-state index contributed by atoms with van der Waals surface area (Å²) in [6, 6.07) is 3.17. The van der Waals surface area contributed by atoms with E-state index in [1.54, 1.807) is 0 Å². The summed E-state index contributed by atoms with van der Waals surface area (Å²) in [6.07, 6.45) is 1.14. The first kappa shape index (κ1) is 25.9. The molecule has 2 N–H and O–H groups in total. The highest BCUT2D eigenvalue weighted by atomic mass is 35.5. The number of halogens is 2. The highest BCUT2D eigenvalue weighted by molar-refractivity contribution is 7.93. The fourth-order valence-corrected chi connectivity index (χ4v) is 6.10. The number of methoxy groups -OCH3 is 2. The third kappa shape index (κ3) is 5.18. The van der Waals surface area contributed by atoms with Gasteiger partial charge in [-0.3, -0.25) is 4.72 Å². The summed E-state index contributed by atoms with van der Waals surface area (Å²) in [7, 11) is -1.22. The summed E-state index contributed by atoms with van der Waals surface area (Å²) in [5, 5.41) is 8.28. The van der Waals surface area contributed by atoms with E-state index >= 15 is 0 Å². The number of nitrogens with one attached hydrogen (secondary N) is 1. The third-order valence-corrected chi connectivity index (χ3v) is 7.95. The van der Waals surface area contributed by atoms with Crippen LogP contribution in [0, 0.1) is 5.82 Å². The minimum absolute atomic E-state index is 0.0540. The lowest BCUT2D eigenvalue weighted by atomic mass is 9.93. The maximum Gasteiger partial charge on any atom is 0.332 e. The molecule has 1 aliphatic heterocycles. The number of ether oxygens (including phenoxy) is 4. The molecule has 2 aliphatic rings. The predicted octanol–water partition coefficient (Wildman–Crippen LogP) is 2.95. The van der Waals surface area contributed by atoms with Crippen molar-refractivity contribution in [1.82, 2.24) is 0 Å². The molecule has 12 heteroatoms. The summed E-state index contributed by atoms with van der Waals surface area (Å²) >= 11 is 5.93. The Bertz CT molecular complexity index is 1040. The molecule has 1 fully saturated rings. The smallest absolute Gasteiger partial charge is 0.332 e. The molecule has 1 saturated heterocycles. The maximum absolute atomic E-state index is 13.3. The van der Waals surface area contributed by atoms with E-state index in [0.29, 0.717) is 6.42 Å². The van der Waals surface area contributed by atoms with Gasteiger partial charge >= 0.3 is 5.97 Å². The van der Waals surface area contributed by atoms with Crippen LogP contribution in [0.4, 0.5) is 10.1 Å². The molecule has 1 aromatic carbocycles. The van der Waals surface area contributed by atoms with Crippen molar-refractivity contribution in [2.75, 3.05) is 32.2 Å². The number of benzene rings is 1. The number of sulfonamides is 1. The molecule has 1 spiro atoms. The van der Waals surface area contributed by atoms with Gasteiger partial charge < -0.3 is 24.1 Å². The number of carboxylic acid groups (broad SMARTS) is 1. The zero-order valence-electron chi connectivity index (χ0n) is 18.5. The Balaban J connectivity index is 1.95. The van der Waals surface area contributed by atoms with Gasteiger partial charge in [0, 0.05) is 20.6 Å². The normalized spacial score (nSPS) is 29.8. The minimum Gasteiger partial charge on any atom is -0.478 e. The number of hydrogen-bond donors (Lipinski definition) is 2. The topological polar surface area (TPSA) is 120 Å². The van der Waals surface area contributed by atoms with Crippen molar-refractivity contribution in [3.05, 3.63) is 40.7 Å². The standard InChI is InChI=1S/C21H27ClFNO8S/c1-4-20(12-30-3)18(11-29-2)31-21(32-20)8-7-17(14(10-21)19(25)26)33(27,28)24-16-6-5-13(23)9-15(16)22/h5-6,9-10,17-18,24H,4,7-8,11-12H2,1-3H3,(H,25,26)/t17?,18-,20-,21?/m0/s1. The molecule has 0 amide bonds. The molecular weight excluding hydrogens is 481 g/mol. The van der Waals surface area contributed by atoms with Crippen LogP contribution in [0.1, 0.15) is 26.2 Å². The van der Waals surface area contributed by atoms with Gasteiger partial charge in [0.2, 0.25) is 10.0 Å². The van der Waals surface area contributed by atoms with Crippen molar-refractivity contribution in [3.8, 4) is 0 Å². The molecule has 0 aromatic heterocycles. The summed E-state index contributed by atoms with van der Waals surface area (Å²) in [6.45, 7) is 2.25. The first-order valence-corrected chi connectivity index (χ1v) is 12.2. The van der Waals surface area contributed by atoms with Gasteiger partial charge in [-0.1, -0.05) is 18.5 Å². The second kappa shape index (κ2) is 9.85. The van der Waals surface area contributed by atoms with Gasteiger partial charge in [0.15, 0.2) is 5.79 Å². The quantitative estimate of drug-likeness (QED) is 0.523. The molecule has 0 radical (unpaired) electrons. The molecule has 1 heterocycles. The molecule has 33 heavy (non-hydrogen) atoms. The second-order valence-electron chi connectivity index (χ2n) is 8.03. The molecule has 4 atom stereocenters. The van der Waals surface area contributed by atoms with Crippen molar-refractivity contribution < 1.29 is 41.7 Å². The monoisotopic (exact) mass is 507 g/mol. The number of carbonyl (C=O) groups is 1. The van der Waals surface area contributed by atoms with Gasteiger partial charge in [0.1, 0.15) is 22.8 Å². The van der Waals surface area contributed by atoms with Gasteiger partial charge in [0.05, 0.1) is 29.5 Å². The van der Waals surface area contributed by atoms with Crippen LogP contribution in [0.2, 0.25) is 5.02 Å². The lowest BCUT2D eigenvalue weighted by Gasteiger charge is -2.35. The van der Waals surface area contributed by atoms with Gasteiger partial charge in [0.25, 0.3) is 0 Å². The van der Waals surface area contributed by atoms with E-state index in [9.17, 15) is 22.7 Å². The molecule has 0 saturated carbocycles. The summed E-state index contributed by atoms with van der Waals surface area (Å²) in [5.41, 5.74) is -1.34. The minimum atomic E-state index is -4.25. The molecule has 2 unspecified atom stereocenters. The van der Waals surface area contributed by atoms with E-state index in [-0.39, 0.29) is 36.8 Å². The van der Waals surface area contributed by atoms with E-state index in [4.69, 9.17) is 30.5 Å². The van der Waals surface area contributed by atoms with Gasteiger partial charge in [-0.15, -0.1) is 0 Å². The molecule has 0 bridgehead atoms. The predicted molar refractivity (Wildman–Crippen MR) is 118 cm³/mol. The average Bonchev–Trinajstić information content (AvgIpc) is 3.03. The Morgan fingerprint density at radius 1 is 1.36 bits per heavy atom. The van der Waals surface area contributed by atoms with Crippen LogP contribution < -0.4 is 4.72 Å². The van der Waals surface area contributed by atoms with Crippen LogP contribution >= 0.6 is 11.6 Å². The Kier molecular flexibility index (Phi) is 7.72. The van der Waals surface area contributed by atoms with Crippen LogP contribution in [-0.2, 0) is 33.8 Å². The largest absolute Gasteiger partial charge is 0.478 e. The molecule has 184 valence electrons. The molecule has 1 aliphatic carbocycles. The lowest BCUT2D eigenvalue weighted by Crippen LogP contribution is -2.46. The van der Waals surface area contributed by atoms with Crippen LogP contribution in [0.25, 0.3) is 0 Å². The zero-order valence-corrected chi connectivity index (χ0v) is 20.0. The maximum atomic E-state index is 13.3. The van der Waals surface area contributed by atoms with Gasteiger partial charge in [-0.25, -0.2) is 17.6 Å². The first-order valence-electron chi connectivity index (χ1n) is 10.3. The molecule has 3 rings (SSSR count). The van der Waals surface area contributed by atoms with Crippen molar-refractivity contribution in [3.63, 3.8) is 0 Å². The molecule has 1 aromatic rings. The average molecular weight is 508 g/mol. The fraction of sp³-hybridized carbons (Fsp3) is 0.571. The van der Waals surface area contributed by atoms with Crippen molar-refractivity contribution >= 4 is 33.3 Å². The Morgan fingerprint density at radius 2 is 2.09 bits per heavy atom. The van der Waals surface area contributed by atoms with E-state index in [1.807, 2.05) is 6.92 Å². The van der Waals surface area contributed by atoms with Crippen LogP contribution in [-0.4, -0.2) is 69.7 Å². The zero-order chi connectivity index (χ0) is 24.4. The molecular formula is C21H27ClFNO8S. The number of hydrogen-bond acceptors (Lipinski definition) is 7. The van der Waals surface area contributed by atoms with Crippen molar-refractivity contribution in [2.24, 2.45) is 0 Å². The number of rotatable bonds is 9. The van der Waals surface area contributed by atoms with Crippen molar-refractivity contribution in [2.45, 2.75) is 48.9 Å². The lowest BCUT2D eigenvalue weighted by molar-refractivity contribution is -0.173. The van der Waals surface area contributed by atoms with Gasteiger partial charge in [-0.05, 0) is 37.1 Å². The molecule has 9 nitrogen and oxygen atoms in total. The SMILES string of the molecule is CC[C@@]1(COC)OC2(C=C(C(=O)O)C(S(=O)(=O)Nc3ccc(F)cc3Cl)CC2)O[C@H]1COC. The van der Waals surface area contributed by atoms with E-state index < -0.39 is 50.1 Å². The Labute approximate surface area is 196 Å². The third-order valence-electron chi connectivity index (χ3n) is 5.89.